The lowest BCUT2D eigenvalue weighted by Gasteiger charge is -2.13. The summed E-state index contributed by atoms with van der Waals surface area (Å²) in [6, 6.07) is 14.0. The van der Waals surface area contributed by atoms with Crippen molar-refractivity contribution < 1.29 is 9.47 Å². The van der Waals surface area contributed by atoms with E-state index in [0.29, 0.717) is 43.9 Å². The number of halogens is 2. The maximum Gasteiger partial charge on any atom is 0.264 e. The van der Waals surface area contributed by atoms with Crippen molar-refractivity contribution in [3.8, 4) is 23.3 Å². The molecule has 1 aromatic heterocycles. The minimum Gasteiger partial charge on any atom is -0.496 e. The standard InChI is InChI=1S/C19H13Br2N3O3/c1-26-17-4-3-14(9-12(17)8-13-2-5-18(25)24-23-13)27-19-15(20)6-11(10-22)7-16(19)21/h2-7,9H,8H2,1H3,(H,24,25). The van der Waals surface area contributed by atoms with E-state index in [1.165, 1.54) is 6.07 Å². The van der Waals surface area contributed by atoms with Gasteiger partial charge in [0.1, 0.15) is 11.5 Å². The van der Waals surface area contributed by atoms with Crippen LogP contribution in [-0.4, -0.2) is 17.3 Å². The number of aromatic amines is 1. The smallest absolute Gasteiger partial charge is 0.264 e. The van der Waals surface area contributed by atoms with Gasteiger partial charge in [0.15, 0.2) is 5.75 Å². The van der Waals surface area contributed by atoms with Crippen LogP contribution in [0.4, 0.5) is 0 Å². The van der Waals surface area contributed by atoms with Gasteiger partial charge in [0.2, 0.25) is 0 Å². The van der Waals surface area contributed by atoms with Gasteiger partial charge in [-0.2, -0.15) is 10.4 Å². The summed E-state index contributed by atoms with van der Waals surface area (Å²) in [6.07, 6.45) is 0.465. The predicted octanol–water partition coefficient (Wildman–Crippen LogP) is 4.56. The lowest BCUT2D eigenvalue weighted by molar-refractivity contribution is 0.408. The average molecular weight is 491 g/mol. The van der Waals surface area contributed by atoms with Crippen molar-refractivity contribution >= 4 is 31.9 Å². The number of aromatic nitrogens is 2. The quantitative estimate of drug-likeness (QED) is 0.566. The minimum absolute atomic E-state index is 0.252. The summed E-state index contributed by atoms with van der Waals surface area (Å²) in [5.74, 6) is 1.85. The number of benzene rings is 2. The molecule has 1 heterocycles. The van der Waals surface area contributed by atoms with Crippen molar-refractivity contribution in [1.82, 2.24) is 10.2 Å². The van der Waals surface area contributed by atoms with Crippen molar-refractivity contribution in [2.75, 3.05) is 7.11 Å². The first-order valence-electron chi connectivity index (χ1n) is 7.78. The van der Waals surface area contributed by atoms with Crippen molar-refractivity contribution in [3.63, 3.8) is 0 Å². The summed E-state index contributed by atoms with van der Waals surface area (Å²) in [5.41, 5.74) is 1.82. The van der Waals surface area contributed by atoms with Crippen LogP contribution in [-0.2, 0) is 6.42 Å². The van der Waals surface area contributed by atoms with Crippen LogP contribution in [0.25, 0.3) is 0 Å². The van der Waals surface area contributed by atoms with Crippen LogP contribution in [0.2, 0.25) is 0 Å². The first kappa shape index (κ1) is 19.1. The second kappa shape index (κ2) is 8.37. The number of nitrogens with one attached hydrogen (secondary N) is 1. The van der Waals surface area contributed by atoms with Crippen LogP contribution in [0.5, 0.6) is 17.2 Å². The molecular formula is C19H13Br2N3O3. The maximum atomic E-state index is 11.2. The predicted molar refractivity (Wildman–Crippen MR) is 107 cm³/mol. The zero-order valence-electron chi connectivity index (χ0n) is 14.1. The number of hydrogen-bond acceptors (Lipinski definition) is 5. The molecule has 3 aromatic rings. The Morgan fingerprint density at radius 1 is 1.15 bits per heavy atom. The zero-order chi connectivity index (χ0) is 19.4. The van der Waals surface area contributed by atoms with E-state index < -0.39 is 0 Å². The SMILES string of the molecule is COc1ccc(Oc2c(Br)cc(C#N)cc2Br)cc1Cc1ccc(=O)[nH]n1. The van der Waals surface area contributed by atoms with Gasteiger partial charge in [-0.3, -0.25) is 4.79 Å². The second-order valence-electron chi connectivity index (χ2n) is 5.55. The molecular weight excluding hydrogens is 478 g/mol. The lowest BCUT2D eigenvalue weighted by Crippen LogP contribution is -2.08. The number of nitrogens with zero attached hydrogens (tertiary/aromatic N) is 2. The third-order valence-corrected chi connectivity index (χ3v) is 4.89. The van der Waals surface area contributed by atoms with Gasteiger partial charge in [0, 0.05) is 18.1 Å². The monoisotopic (exact) mass is 489 g/mol. The van der Waals surface area contributed by atoms with E-state index in [2.05, 4.69) is 48.1 Å². The van der Waals surface area contributed by atoms with E-state index in [0.717, 1.165) is 5.56 Å². The van der Waals surface area contributed by atoms with E-state index in [4.69, 9.17) is 14.7 Å². The molecule has 136 valence electrons. The molecule has 0 aliphatic carbocycles. The Labute approximate surface area is 172 Å². The van der Waals surface area contributed by atoms with Crippen molar-refractivity contribution in [1.29, 1.82) is 5.26 Å². The molecule has 2 aromatic carbocycles. The molecule has 8 heteroatoms. The van der Waals surface area contributed by atoms with Crippen LogP contribution in [0.1, 0.15) is 16.8 Å². The molecule has 0 radical (unpaired) electrons. The molecule has 6 nitrogen and oxygen atoms in total. The Kier molecular flexibility index (Phi) is 5.94. The van der Waals surface area contributed by atoms with Crippen molar-refractivity contribution in [2.45, 2.75) is 6.42 Å². The average Bonchev–Trinajstić information content (AvgIpc) is 2.66. The van der Waals surface area contributed by atoms with Crippen LogP contribution in [0.15, 0.2) is 56.2 Å². The maximum absolute atomic E-state index is 11.2. The molecule has 0 aliphatic heterocycles. The molecule has 0 fully saturated rings. The third kappa shape index (κ3) is 4.56. The van der Waals surface area contributed by atoms with Crippen LogP contribution < -0.4 is 15.0 Å². The fraction of sp³-hybridized carbons (Fsp3) is 0.105. The van der Waals surface area contributed by atoms with E-state index in [-0.39, 0.29) is 5.56 Å². The highest BCUT2D eigenvalue weighted by molar-refractivity contribution is 9.11. The van der Waals surface area contributed by atoms with Gasteiger partial charge >= 0.3 is 0 Å². The number of rotatable bonds is 5. The zero-order valence-corrected chi connectivity index (χ0v) is 17.3. The van der Waals surface area contributed by atoms with Crippen LogP contribution in [0, 0.1) is 11.3 Å². The molecule has 0 bridgehead atoms. The van der Waals surface area contributed by atoms with Crippen LogP contribution >= 0.6 is 31.9 Å². The van der Waals surface area contributed by atoms with E-state index in [1.54, 1.807) is 31.4 Å². The first-order valence-corrected chi connectivity index (χ1v) is 9.37. The van der Waals surface area contributed by atoms with Gasteiger partial charge < -0.3 is 9.47 Å². The summed E-state index contributed by atoms with van der Waals surface area (Å²) >= 11 is 6.86. The van der Waals surface area contributed by atoms with Crippen molar-refractivity contribution in [2.24, 2.45) is 0 Å². The molecule has 0 atom stereocenters. The van der Waals surface area contributed by atoms with E-state index >= 15 is 0 Å². The van der Waals surface area contributed by atoms with E-state index in [1.807, 2.05) is 12.1 Å². The molecule has 1 N–H and O–H groups in total. The Hall–Kier alpha value is -2.63. The van der Waals surface area contributed by atoms with Gasteiger partial charge in [-0.15, -0.1) is 0 Å². The normalized spacial score (nSPS) is 10.3. The van der Waals surface area contributed by atoms with Gasteiger partial charge in [-0.05, 0) is 68.3 Å². The fourth-order valence-corrected chi connectivity index (χ4v) is 3.81. The summed E-state index contributed by atoms with van der Waals surface area (Å²) in [5, 5.41) is 15.5. The largest absolute Gasteiger partial charge is 0.496 e. The van der Waals surface area contributed by atoms with E-state index in [9.17, 15) is 4.79 Å². The highest BCUT2D eigenvalue weighted by atomic mass is 79.9. The van der Waals surface area contributed by atoms with Gasteiger partial charge in [0.25, 0.3) is 5.56 Å². The topological polar surface area (TPSA) is 88.0 Å². The highest BCUT2D eigenvalue weighted by Crippen LogP contribution is 2.38. The highest BCUT2D eigenvalue weighted by Gasteiger charge is 2.13. The number of nitriles is 1. The summed E-state index contributed by atoms with van der Waals surface area (Å²) < 4.78 is 12.7. The number of H-pyrrole nitrogens is 1. The molecule has 0 saturated heterocycles. The summed E-state index contributed by atoms with van der Waals surface area (Å²) in [4.78, 5) is 11.2. The second-order valence-corrected chi connectivity index (χ2v) is 7.25. The number of methoxy groups -OCH3 is 1. The molecule has 0 saturated carbocycles. The lowest BCUT2D eigenvalue weighted by atomic mass is 10.1. The Morgan fingerprint density at radius 3 is 2.48 bits per heavy atom. The molecule has 27 heavy (non-hydrogen) atoms. The first-order chi connectivity index (χ1) is 13.0. The van der Waals surface area contributed by atoms with Gasteiger partial charge in [0.05, 0.1) is 33.4 Å². The molecule has 0 aliphatic rings. The minimum atomic E-state index is -0.252. The number of hydrogen-bond donors (Lipinski definition) is 1. The van der Waals surface area contributed by atoms with Gasteiger partial charge in [-0.1, -0.05) is 0 Å². The van der Waals surface area contributed by atoms with Gasteiger partial charge in [-0.25, -0.2) is 5.10 Å². The third-order valence-electron chi connectivity index (χ3n) is 3.71. The molecule has 0 spiro atoms. The fourth-order valence-electron chi connectivity index (χ4n) is 2.46. The summed E-state index contributed by atoms with van der Waals surface area (Å²) in [6.45, 7) is 0. The molecule has 3 rings (SSSR count). The Morgan fingerprint density at radius 2 is 1.89 bits per heavy atom. The Bertz CT molecular complexity index is 1050. The number of ether oxygens (including phenoxy) is 2. The van der Waals surface area contributed by atoms with Crippen LogP contribution in [0.3, 0.4) is 0 Å². The molecule has 0 unspecified atom stereocenters. The Balaban J connectivity index is 1.93. The molecule has 0 amide bonds. The van der Waals surface area contributed by atoms with Crippen molar-refractivity contribution in [3.05, 3.63) is 78.6 Å². The summed E-state index contributed by atoms with van der Waals surface area (Å²) in [7, 11) is 1.59.